The summed E-state index contributed by atoms with van der Waals surface area (Å²) < 4.78 is 10.8. The van der Waals surface area contributed by atoms with Gasteiger partial charge in [-0.25, -0.2) is 0 Å². The van der Waals surface area contributed by atoms with E-state index in [9.17, 15) is 10.2 Å². The van der Waals surface area contributed by atoms with Crippen LogP contribution in [0.3, 0.4) is 0 Å². The Balaban J connectivity index is 1.99. The Labute approximate surface area is 110 Å². The monoisotopic (exact) mass is 274 g/mol. The summed E-state index contributed by atoms with van der Waals surface area (Å²) in [6, 6.07) is 6.71. The molecule has 0 amide bonds. The van der Waals surface area contributed by atoms with E-state index in [1.165, 1.54) is 0 Å². The van der Waals surface area contributed by atoms with Crippen LogP contribution in [0.2, 0.25) is 5.02 Å². The molecule has 4 atom stereocenters. The van der Waals surface area contributed by atoms with E-state index < -0.39 is 24.6 Å². The van der Waals surface area contributed by atoms with E-state index >= 15 is 0 Å². The maximum atomic E-state index is 9.63. The predicted molar refractivity (Wildman–Crippen MR) is 64.5 cm³/mol. The Morgan fingerprint density at radius 3 is 2.56 bits per heavy atom. The topological polar surface area (TPSA) is 79.2 Å². The van der Waals surface area contributed by atoms with E-state index in [1.807, 2.05) is 0 Å². The summed E-state index contributed by atoms with van der Waals surface area (Å²) in [5.41, 5.74) is 0. The molecule has 5 nitrogen and oxygen atoms in total. The van der Waals surface area contributed by atoms with Crippen molar-refractivity contribution in [3.8, 4) is 5.75 Å². The zero-order valence-corrected chi connectivity index (χ0v) is 10.3. The molecule has 2 rings (SSSR count). The third-order valence-corrected chi connectivity index (χ3v) is 3.05. The second-order valence-electron chi connectivity index (χ2n) is 4.15. The van der Waals surface area contributed by atoms with Crippen molar-refractivity contribution in [2.24, 2.45) is 0 Å². The molecule has 0 aliphatic carbocycles. The molecule has 18 heavy (non-hydrogen) atoms. The number of halogens is 1. The van der Waals surface area contributed by atoms with Crippen LogP contribution < -0.4 is 4.74 Å². The number of benzene rings is 1. The molecule has 1 aromatic rings. The lowest BCUT2D eigenvalue weighted by Gasteiger charge is -2.36. The molecule has 1 aromatic carbocycles. The molecule has 1 aliphatic rings. The average Bonchev–Trinajstić information content (AvgIpc) is 2.36. The van der Waals surface area contributed by atoms with Crippen molar-refractivity contribution in [3.05, 3.63) is 29.3 Å². The highest BCUT2D eigenvalue weighted by molar-refractivity contribution is 6.30. The van der Waals surface area contributed by atoms with E-state index in [0.29, 0.717) is 10.8 Å². The lowest BCUT2D eigenvalue weighted by atomic mass is 10.0. The standard InChI is InChI=1S/C12H15ClO5/c13-7-1-3-8(4-2-7)17-11-5-9(15)12(16)10(6-14)18-11/h1-4,9-12,14-16H,5-6H2/t9-,10-,11+,12+/m1/s1. The summed E-state index contributed by atoms with van der Waals surface area (Å²) in [7, 11) is 0. The summed E-state index contributed by atoms with van der Waals surface area (Å²) in [6.07, 6.45) is -3.48. The molecule has 0 unspecified atom stereocenters. The minimum atomic E-state index is -1.10. The maximum Gasteiger partial charge on any atom is 0.202 e. The number of rotatable bonds is 3. The molecular formula is C12H15ClO5. The number of aliphatic hydroxyl groups excluding tert-OH is 3. The van der Waals surface area contributed by atoms with Gasteiger partial charge in [0.05, 0.1) is 12.7 Å². The number of hydrogen-bond donors (Lipinski definition) is 3. The van der Waals surface area contributed by atoms with E-state index in [1.54, 1.807) is 24.3 Å². The van der Waals surface area contributed by atoms with Gasteiger partial charge in [0.15, 0.2) is 0 Å². The van der Waals surface area contributed by atoms with Crippen LogP contribution in [0.15, 0.2) is 24.3 Å². The van der Waals surface area contributed by atoms with Crippen molar-refractivity contribution in [3.63, 3.8) is 0 Å². The van der Waals surface area contributed by atoms with Crippen molar-refractivity contribution in [1.29, 1.82) is 0 Å². The lowest BCUT2D eigenvalue weighted by Crippen LogP contribution is -2.51. The predicted octanol–water partition coefficient (Wildman–Crippen LogP) is 0.548. The first-order chi connectivity index (χ1) is 8.60. The summed E-state index contributed by atoms with van der Waals surface area (Å²) in [6.45, 7) is -0.376. The first-order valence-electron chi connectivity index (χ1n) is 5.65. The van der Waals surface area contributed by atoms with Gasteiger partial charge in [0.25, 0.3) is 0 Å². The highest BCUT2D eigenvalue weighted by atomic mass is 35.5. The van der Waals surface area contributed by atoms with Crippen LogP contribution in [0.5, 0.6) is 5.75 Å². The highest BCUT2D eigenvalue weighted by Crippen LogP contribution is 2.24. The molecule has 3 N–H and O–H groups in total. The molecule has 0 spiro atoms. The van der Waals surface area contributed by atoms with Gasteiger partial charge in [0.1, 0.15) is 18.0 Å². The van der Waals surface area contributed by atoms with Gasteiger partial charge in [-0.3, -0.25) is 0 Å². The van der Waals surface area contributed by atoms with E-state index in [4.69, 9.17) is 26.2 Å². The second-order valence-corrected chi connectivity index (χ2v) is 4.59. The number of hydrogen-bond acceptors (Lipinski definition) is 5. The van der Waals surface area contributed by atoms with E-state index in [2.05, 4.69) is 0 Å². The van der Waals surface area contributed by atoms with Crippen LogP contribution in [0.1, 0.15) is 6.42 Å². The quantitative estimate of drug-likeness (QED) is 0.750. The van der Waals surface area contributed by atoms with Gasteiger partial charge in [0.2, 0.25) is 6.29 Å². The zero-order valence-electron chi connectivity index (χ0n) is 9.57. The molecule has 1 saturated heterocycles. The van der Waals surface area contributed by atoms with Crippen LogP contribution >= 0.6 is 11.6 Å². The third-order valence-electron chi connectivity index (χ3n) is 2.80. The molecule has 1 fully saturated rings. The zero-order chi connectivity index (χ0) is 13.1. The molecule has 0 bridgehead atoms. The van der Waals surface area contributed by atoms with E-state index in [0.717, 1.165) is 0 Å². The normalized spacial score (nSPS) is 32.2. The van der Waals surface area contributed by atoms with Gasteiger partial charge in [-0.05, 0) is 24.3 Å². The fraction of sp³-hybridized carbons (Fsp3) is 0.500. The minimum Gasteiger partial charge on any atom is -0.465 e. The first-order valence-corrected chi connectivity index (χ1v) is 6.02. The van der Waals surface area contributed by atoms with Crippen molar-refractivity contribution < 1.29 is 24.8 Å². The Bertz CT molecular complexity index is 383. The number of aliphatic hydroxyl groups is 3. The first kappa shape index (κ1) is 13.6. The largest absolute Gasteiger partial charge is 0.465 e. The Kier molecular flexibility index (Phi) is 4.42. The van der Waals surface area contributed by atoms with Gasteiger partial charge in [0, 0.05) is 11.4 Å². The SMILES string of the molecule is OC[C@H]1O[C@H](Oc2ccc(Cl)cc2)C[C@@H](O)[C@@H]1O. The maximum absolute atomic E-state index is 9.63. The van der Waals surface area contributed by atoms with Gasteiger partial charge in [-0.1, -0.05) is 11.6 Å². The second kappa shape index (κ2) is 5.86. The smallest absolute Gasteiger partial charge is 0.202 e. The Morgan fingerprint density at radius 2 is 1.94 bits per heavy atom. The van der Waals surface area contributed by atoms with Crippen molar-refractivity contribution in [2.45, 2.75) is 31.0 Å². The Hall–Kier alpha value is -0.850. The van der Waals surface area contributed by atoms with Crippen molar-refractivity contribution >= 4 is 11.6 Å². The minimum absolute atomic E-state index is 0.139. The van der Waals surface area contributed by atoms with E-state index in [-0.39, 0.29) is 13.0 Å². The fourth-order valence-corrected chi connectivity index (χ4v) is 1.93. The summed E-state index contributed by atoms with van der Waals surface area (Å²) in [4.78, 5) is 0. The van der Waals surface area contributed by atoms with Crippen LogP contribution in [-0.4, -0.2) is 46.5 Å². The van der Waals surface area contributed by atoms with Crippen molar-refractivity contribution in [1.82, 2.24) is 0 Å². The molecular weight excluding hydrogens is 260 g/mol. The molecule has 0 radical (unpaired) electrons. The van der Waals surface area contributed by atoms with Gasteiger partial charge in [-0.2, -0.15) is 0 Å². The summed E-state index contributed by atoms with van der Waals surface area (Å²) in [5, 5.41) is 28.8. The molecule has 0 saturated carbocycles. The van der Waals surface area contributed by atoms with Crippen LogP contribution in [0.25, 0.3) is 0 Å². The lowest BCUT2D eigenvalue weighted by molar-refractivity contribution is -0.229. The molecule has 100 valence electrons. The van der Waals surface area contributed by atoms with Gasteiger partial charge >= 0.3 is 0 Å². The molecule has 1 aliphatic heterocycles. The van der Waals surface area contributed by atoms with Crippen molar-refractivity contribution in [2.75, 3.05) is 6.61 Å². The fourth-order valence-electron chi connectivity index (χ4n) is 1.81. The van der Waals surface area contributed by atoms with Crippen LogP contribution in [0.4, 0.5) is 0 Å². The number of ether oxygens (including phenoxy) is 2. The Morgan fingerprint density at radius 1 is 1.28 bits per heavy atom. The van der Waals surface area contributed by atoms with Crippen LogP contribution in [0, 0.1) is 0 Å². The summed E-state index contributed by atoms with van der Waals surface area (Å²) in [5.74, 6) is 0.546. The van der Waals surface area contributed by atoms with Gasteiger partial charge in [-0.15, -0.1) is 0 Å². The summed E-state index contributed by atoms with van der Waals surface area (Å²) >= 11 is 5.75. The van der Waals surface area contributed by atoms with Gasteiger partial charge < -0.3 is 24.8 Å². The molecule has 0 aromatic heterocycles. The average molecular weight is 275 g/mol. The molecule has 6 heteroatoms. The molecule has 1 heterocycles. The van der Waals surface area contributed by atoms with Crippen LogP contribution in [-0.2, 0) is 4.74 Å². The highest BCUT2D eigenvalue weighted by Gasteiger charge is 2.37. The third kappa shape index (κ3) is 3.13.